The number of primary amides is 1. The summed E-state index contributed by atoms with van der Waals surface area (Å²) < 4.78 is 0. The minimum atomic E-state index is -0.185. The normalized spacial score (nSPS) is 17.5. The highest BCUT2D eigenvalue weighted by atomic mass is 127. The lowest BCUT2D eigenvalue weighted by Crippen LogP contribution is -2.42. The van der Waals surface area contributed by atoms with Gasteiger partial charge in [0.05, 0.1) is 5.92 Å². The third-order valence-corrected chi connectivity index (χ3v) is 4.90. The van der Waals surface area contributed by atoms with Crippen LogP contribution in [-0.2, 0) is 9.59 Å². The van der Waals surface area contributed by atoms with Crippen molar-refractivity contribution in [3.63, 3.8) is 0 Å². The summed E-state index contributed by atoms with van der Waals surface area (Å²) in [5.74, 6) is 0.719. The Hall–Kier alpha value is -1.10. The van der Waals surface area contributed by atoms with E-state index in [1.165, 1.54) is 0 Å². The summed E-state index contributed by atoms with van der Waals surface area (Å²) in [6.07, 6.45) is 3.33. The number of nitrogens with zero attached hydrogens (tertiary/aromatic N) is 3. The molecule has 9 heteroatoms. The van der Waals surface area contributed by atoms with Gasteiger partial charge in [-0.05, 0) is 53.1 Å². The molecule has 164 valence electrons. The van der Waals surface area contributed by atoms with E-state index in [1.54, 1.807) is 0 Å². The number of rotatable bonds is 11. The van der Waals surface area contributed by atoms with Crippen LogP contribution in [0.1, 0.15) is 46.5 Å². The molecule has 0 spiro atoms. The van der Waals surface area contributed by atoms with Gasteiger partial charge in [0.2, 0.25) is 11.8 Å². The molecule has 0 aliphatic carbocycles. The van der Waals surface area contributed by atoms with Crippen LogP contribution in [0.5, 0.6) is 0 Å². The molecule has 0 aromatic rings. The van der Waals surface area contributed by atoms with Crippen molar-refractivity contribution in [2.24, 2.45) is 16.6 Å². The monoisotopic (exact) mass is 510 g/mol. The lowest BCUT2D eigenvalue weighted by Gasteiger charge is -2.30. The van der Waals surface area contributed by atoms with Crippen molar-refractivity contribution >= 4 is 41.8 Å². The molecule has 1 aliphatic rings. The number of nitrogens with two attached hydrogens (primary N) is 1. The van der Waals surface area contributed by atoms with Crippen LogP contribution in [0.3, 0.4) is 0 Å². The topological polar surface area (TPSA) is 103 Å². The van der Waals surface area contributed by atoms with Gasteiger partial charge in [0.1, 0.15) is 0 Å². The number of piperidine rings is 1. The number of halogens is 1. The van der Waals surface area contributed by atoms with Gasteiger partial charge in [0, 0.05) is 45.7 Å². The van der Waals surface area contributed by atoms with E-state index in [1.807, 2.05) is 25.7 Å². The van der Waals surface area contributed by atoms with Crippen molar-refractivity contribution in [3.8, 4) is 0 Å². The first kappa shape index (κ1) is 26.9. The third-order valence-electron chi connectivity index (χ3n) is 4.90. The second-order valence-corrected chi connectivity index (χ2v) is 6.90. The fraction of sp³-hybridized carbons (Fsp3) is 0.842. The summed E-state index contributed by atoms with van der Waals surface area (Å²) in [5, 5.41) is 6.44. The Bertz CT molecular complexity index is 485. The predicted molar refractivity (Wildman–Crippen MR) is 125 cm³/mol. The number of carbonyl (C=O) groups excluding carboxylic acids is 2. The van der Waals surface area contributed by atoms with Gasteiger partial charge in [0.15, 0.2) is 5.96 Å². The third kappa shape index (κ3) is 10.4. The number of aliphatic imine (C=N–C) groups is 1. The van der Waals surface area contributed by atoms with E-state index in [4.69, 9.17) is 5.73 Å². The molecule has 1 rings (SSSR count). The molecule has 2 amide bonds. The second-order valence-electron chi connectivity index (χ2n) is 6.90. The van der Waals surface area contributed by atoms with Gasteiger partial charge in [-0.3, -0.25) is 14.6 Å². The van der Waals surface area contributed by atoms with Crippen LogP contribution in [-0.4, -0.2) is 79.9 Å². The number of carbonyl (C=O) groups is 2. The Labute approximate surface area is 187 Å². The molecule has 1 heterocycles. The lowest BCUT2D eigenvalue weighted by molar-refractivity contribution is -0.130. The molecular weight excluding hydrogens is 471 g/mol. The Balaban J connectivity index is 0.00000729. The summed E-state index contributed by atoms with van der Waals surface area (Å²) in [7, 11) is 0. The first-order valence-electron chi connectivity index (χ1n) is 10.3. The number of nitrogens with one attached hydrogen (secondary N) is 2. The molecule has 8 nitrogen and oxygen atoms in total. The summed E-state index contributed by atoms with van der Waals surface area (Å²) >= 11 is 0. The fourth-order valence-electron chi connectivity index (χ4n) is 3.34. The predicted octanol–water partition coefficient (Wildman–Crippen LogP) is 1.01. The summed E-state index contributed by atoms with van der Waals surface area (Å²) in [4.78, 5) is 32.1. The molecule has 1 atom stereocenters. The second kappa shape index (κ2) is 15.8. The highest BCUT2D eigenvalue weighted by molar-refractivity contribution is 14.0. The molecule has 1 saturated heterocycles. The van der Waals surface area contributed by atoms with Gasteiger partial charge in [-0.25, -0.2) is 0 Å². The van der Waals surface area contributed by atoms with E-state index in [-0.39, 0.29) is 41.7 Å². The van der Waals surface area contributed by atoms with Gasteiger partial charge in [0.25, 0.3) is 0 Å². The van der Waals surface area contributed by atoms with Crippen LogP contribution in [0.25, 0.3) is 0 Å². The molecule has 0 radical (unpaired) electrons. The van der Waals surface area contributed by atoms with Gasteiger partial charge >= 0.3 is 0 Å². The smallest absolute Gasteiger partial charge is 0.224 e. The maximum Gasteiger partial charge on any atom is 0.224 e. The van der Waals surface area contributed by atoms with Crippen molar-refractivity contribution < 1.29 is 9.59 Å². The summed E-state index contributed by atoms with van der Waals surface area (Å²) in [6, 6.07) is 0. The molecule has 0 saturated carbocycles. The molecule has 0 bridgehead atoms. The van der Waals surface area contributed by atoms with Crippen LogP contribution < -0.4 is 16.4 Å². The van der Waals surface area contributed by atoms with Crippen molar-refractivity contribution in [1.29, 1.82) is 0 Å². The first-order chi connectivity index (χ1) is 13.0. The van der Waals surface area contributed by atoms with Gasteiger partial charge in [-0.2, -0.15) is 0 Å². The fourth-order valence-corrected chi connectivity index (χ4v) is 3.34. The highest BCUT2D eigenvalue weighted by Gasteiger charge is 2.23. The van der Waals surface area contributed by atoms with E-state index in [9.17, 15) is 9.59 Å². The number of hydrogen-bond donors (Lipinski definition) is 3. The van der Waals surface area contributed by atoms with E-state index in [0.29, 0.717) is 19.5 Å². The zero-order chi connectivity index (χ0) is 20.1. The Morgan fingerprint density at radius 2 is 1.93 bits per heavy atom. The zero-order valence-corrected chi connectivity index (χ0v) is 20.0. The number of amides is 2. The number of likely N-dealkylation sites (tertiary alicyclic amines) is 1. The minimum absolute atomic E-state index is 0. The molecule has 0 aromatic heterocycles. The Kier molecular flexibility index (Phi) is 15.2. The van der Waals surface area contributed by atoms with Crippen molar-refractivity contribution in [2.45, 2.75) is 46.5 Å². The average Bonchev–Trinajstić information content (AvgIpc) is 2.66. The SMILES string of the molecule is CCNC(=NCCCN1CCCC(C(N)=O)C1)NCCC(=O)N(CC)CC.I. The number of guanidine groups is 1. The Morgan fingerprint density at radius 1 is 1.21 bits per heavy atom. The largest absolute Gasteiger partial charge is 0.369 e. The Morgan fingerprint density at radius 3 is 2.54 bits per heavy atom. The molecule has 4 N–H and O–H groups in total. The molecule has 1 unspecified atom stereocenters. The molecule has 28 heavy (non-hydrogen) atoms. The number of hydrogen-bond acceptors (Lipinski definition) is 4. The van der Waals surface area contributed by atoms with Crippen molar-refractivity contribution in [2.75, 3.05) is 52.4 Å². The summed E-state index contributed by atoms with van der Waals surface area (Å²) in [6.45, 7) is 12.3. The maximum absolute atomic E-state index is 12.0. The average molecular weight is 510 g/mol. The van der Waals surface area contributed by atoms with Gasteiger partial charge in [-0.15, -0.1) is 24.0 Å². The van der Waals surface area contributed by atoms with E-state index >= 15 is 0 Å². The molecule has 1 aliphatic heterocycles. The lowest BCUT2D eigenvalue weighted by atomic mass is 9.97. The van der Waals surface area contributed by atoms with Crippen LogP contribution >= 0.6 is 24.0 Å². The van der Waals surface area contributed by atoms with Crippen LogP contribution in [0.15, 0.2) is 4.99 Å². The van der Waals surface area contributed by atoms with Crippen molar-refractivity contribution in [3.05, 3.63) is 0 Å². The van der Waals surface area contributed by atoms with Crippen LogP contribution in [0.4, 0.5) is 0 Å². The molecule has 0 aromatic carbocycles. The van der Waals surface area contributed by atoms with Crippen molar-refractivity contribution in [1.82, 2.24) is 20.4 Å². The van der Waals surface area contributed by atoms with E-state index < -0.39 is 0 Å². The van der Waals surface area contributed by atoms with Crippen LogP contribution in [0, 0.1) is 5.92 Å². The van der Waals surface area contributed by atoms with Gasteiger partial charge in [-0.1, -0.05) is 0 Å². The van der Waals surface area contributed by atoms with E-state index in [2.05, 4.69) is 20.5 Å². The maximum atomic E-state index is 12.0. The quantitative estimate of drug-likeness (QED) is 0.167. The first-order valence-corrected chi connectivity index (χ1v) is 10.3. The standard InChI is InChI=1S/C19H38N6O2.HI/c1-4-21-19(23-12-10-17(26)25(5-2)6-3)22-11-8-14-24-13-7-9-16(15-24)18(20)27;/h16H,4-15H2,1-3H3,(H2,20,27)(H2,21,22,23);1H. The molecular formula is C19H39IN6O2. The molecule has 1 fully saturated rings. The van der Waals surface area contributed by atoms with E-state index in [0.717, 1.165) is 64.5 Å². The summed E-state index contributed by atoms with van der Waals surface area (Å²) in [5.41, 5.74) is 5.43. The van der Waals surface area contributed by atoms with Gasteiger partial charge < -0.3 is 26.2 Å². The highest BCUT2D eigenvalue weighted by Crippen LogP contribution is 2.15. The van der Waals surface area contributed by atoms with Crippen LogP contribution in [0.2, 0.25) is 0 Å². The zero-order valence-electron chi connectivity index (χ0n) is 17.7. The minimum Gasteiger partial charge on any atom is -0.369 e.